The van der Waals surface area contributed by atoms with E-state index in [-0.39, 0.29) is 11.6 Å². The van der Waals surface area contributed by atoms with Gasteiger partial charge in [-0.1, -0.05) is 18.6 Å². The first-order chi connectivity index (χ1) is 9.54. The van der Waals surface area contributed by atoms with Gasteiger partial charge in [-0.25, -0.2) is 0 Å². The van der Waals surface area contributed by atoms with Gasteiger partial charge < -0.3 is 10.0 Å². The van der Waals surface area contributed by atoms with Crippen molar-refractivity contribution in [3.05, 3.63) is 34.4 Å². The molecule has 0 bridgehead atoms. The Kier molecular flexibility index (Phi) is 2.88. The number of anilines is 1. The molecule has 0 unspecified atom stereocenters. The molecule has 6 nitrogen and oxygen atoms in total. The van der Waals surface area contributed by atoms with E-state index < -0.39 is 16.3 Å². The summed E-state index contributed by atoms with van der Waals surface area (Å²) in [6, 6.07) is 6.56. The lowest BCUT2D eigenvalue weighted by molar-refractivity contribution is -0.384. The van der Waals surface area contributed by atoms with Gasteiger partial charge in [0.1, 0.15) is 5.69 Å². The number of nitro groups is 1. The number of fused-ring (bicyclic) bond motifs is 1. The van der Waals surface area contributed by atoms with Crippen molar-refractivity contribution < 1.29 is 14.8 Å². The third-order valence-corrected chi connectivity index (χ3v) is 4.72. The van der Waals surface area contributed by atoms with E-state index in [4.69, 9.17) is 0 Å². The number of nitrogens with zero attached hydrogens (tertiary/aromatic N) is 2. The molecule has 106 valence electrons. The SMILES string of the molecule is O=C(O)[C@@]12CCC[C@H]1CN(c1ccccc1[N+](=O)[O-])C2. The van der Waals surface area contributed by atoms with Crippen LogP contribution in [0.5, 0.6) is 0 Å². The zero-order valence-electron chi connectivity index (χ0n) is 11.0. The third kappa shape index (κ3) is 1.75. The normalized spacial score (nSPS) is 28.4. The molecular weight excluding hydrogens is 260 g/mol. The number of nitro benzene ring substituents is 1. The van der Waals surface area contributed by atoms with E-state index in [0.717, 1.165) is 12.8 Å². The van der Waals surface area contributed by atoms with Crippen LogP contribution in [0.25, 0.3) is 0 Å². The van der Waals surface area contributed by atoms with Gasteiger partial charge in [0.25, 0.3) is 5.69 Å². The van der Waals surface area contributed by atoms with Crippen LogP contribution >= 0.6 is 0 Å². The summed E-state index contributed by atoms with van der Waals surface area (Å²) in [4.78, 5) is 24.2. The van der Waals surface area contributed by atoms with E-state index in [0.29, 0.717) is 25.2 Å². The molecule has 6 heteroatoms. The maximum atomic E-state index is 11.6. The third-order valence-electron chi connectivity index (χ3n) is 4.72. The monoisotopic (exact) mass is 276 g/mol. The molecule has 1 heterocycles. The van der Waals surface area contributed by atoms with Crippen molar-refractivity contribution in [1.82, 2.24) is 0 Å². The molecule has 1 saturated heterocycles. The van der Waals surface area contributed by atoms with Crippen molar-refractivity contribution >= 4 is 17.3 Å². The maximum Gasteiger partial charge on any atom is 0.311 e. The van der Waals surface area contributed by atoms with Crippen LogP contribution in [0.2, 0.25) is 0 Å². The molecule has 2 aliphatic rings. The summed E-state index contributed by atoms with van der Waals surface area (Å²) in [6.07, 6.45) is 2.50. The van der Waals surface area contributed by atoms with Crippen LogP contribution in [0.15, 0.2) is 24.3 Å². The fraction of sp³-hybridized carbons (Fsp3) is 0.500. The van der Waals surface area contributed by atoms with Gasteiger partial charge in [-0.15, -0.1) is 0 Å². The van der Waals surface area contributed by atoms with Gasteiger partial charge in [0.15, 0.2) is 0 Å². The Bertz CT molecular complexity index is 574. The zero-order chi connectivity index (χ0) is 14.3. The lowest BCUT2D eigenvalue weighted by atomic mass is 9.81. The van der Waals surface area contributed by atoms with Crippen molar-refractivity contribution in [2.75, 3.05) is 18.0 Å². The summed E-state index contributed by atoms with van der Waals surface area (Å²) in [5.74, 6) is -0.666. The number of carboxylic acids is 1. The van der Waals surface area contributed by atoms with E-state index >= 15 is 0 Å². The Morgan fingerprint density at radius 3 is 2.85 bits per heavy atom. The van der Waals surface area contributed by atoms with Crippen molar-refractivity contribution in [2.45, 2.75) is 19.3 Å². The van der Waals surface area contributed by atoms with Gasteiger partial charge in [0, 0.05) is 19.2 Å². The van der Waals surface area contributed by atoms with Crippen molar-refractivity contribution in [1.29, 1.82) is 0 Å². The lowest BCUT2D eigenvalue weighted by Crippen LogP contribution is -2.35. The Morgan fingerprint density at radius 1 is 1.45 bits per heavy atom. The second-order valence-corrected chi connectivity index (χ2v) is 5.68. The summed E-state index contributed by atoms with van der Waals surface area (Å²) in [7, 11) is 0. The first-order valence-corrected chi connectivity index (χ1v) is 6.76. The van der Waals surface area contributed by atoms with Crippen LogP contribution in [0.1, 0.15) is 19.3 Å². The zero-order valence-corrected chi connectivity index (χ0v) is 11.0. The van der Waals surface area contributed by atoms with Gasteiger partial charge in [-0.05, 0) is 24.8 Å². The molecule has 1 saturated carbocycles. The van der Waals surface area contributed by atoms with Gasteiger partial charge in [0.2, 0.25) is 0 Å². The number of rotatable bonds is 3. The van der Waals surface area contributed by atoms with E-state index in [2.05, 4.69) is 0 Å². The first-order valence-electron chi connectivity index (χ1n) is 6.76. The molecule has 0 aromatic heterocycles. The Morgan fingerprint density at radius 2 is 2.20 bits per heavy atom. The summed E-state index contributed by atoms with van der Waals surface area (Å²) < 4.78 is 0. The molecule has 0 spiro atoms. The molecular formula is C14H16N2O4. The summed E-state index contributed by atoms with van der Waals surface area (Å²) >= 11 is 0. The number of carboxylic acid groups (broad SMARTS) is 1. The molecule has 2 fully saturated rings. The number of hydrogen-bond acceptors (Lipinski definition) is 4. The van der Waals surface area contributed by atoms with Crippen LogP contribution in [0, 0.1) is 21.4 Å². The number of para-hydroxylation sites is 2. The Hall–Kier alpha value is -2.11. The van der Waals surface area contributed by atoms with Crippen LogP contribution < -0.4 is 4.90 Å². The minimum Gasteiger partial charge on any atom is -0.481 e. The molecule has 1 aliphatic carbocycles. The molecule has 1 aromatic carbocycles. The number of carbonyl (C=O) groups is 1. The van der Waals surface area contributed by atoms with Crippen molar-refractivity contribution in [2.24, 2.45) is 11.3 Å². The molecule has 2 atom stereocenters. The molecule has 1 N–H and O–H groups in total. The van der Waals surface area contributed by atoms with E-state index in [1.807, 2.05) is 4.90 Å². The number of aliphatic carboxylic acids is 1. The van der Waals surface area contributed by atoms with Crippen LogP contribution in [0.3, 0.4) is 0 Å². The molecule has 20 heavy (non-hydrogen) atoms. The average molecular weight is 276 g/mol. The van der Waals surface area contributed by atoms with Gasteiger partial charge >= 0.3 is 5.97 Å². The van der Waals surface area contributed by atoms with Crippen molar-refractivity contribution in [3.63, 3.8) is 0 Å². The fourth-order valence-electron chi connectivity index (χ4n) is 3.71. The van der Waals surface area contributed by atoms with E-state index in [1.165, 1.54) is 6.07 Å². The number of benzene rings is 1. The van der Waals surface area contributed by atoms with E-state index in [1.54, 1.807) is 18.2 Å². The topological polar surface area (TPSA) is 83.7 Å². The molecule has 0 radical (unpaired) electrons. The molecule has 3 rings (SSSR count). The largest absolute Gasteiger partial charge is 0.481 e. The fourth-order valence-corrected chi connectivity index (χ4v) is 3.71. The summed E-state index contributed by atoms with van der Waals surface area (Å²) in [6.45, 7) is 0.967. The van der Waals surface area contributed by atoms with Gasteiger partial charge in [0.05, 0.1) is 10.3 Å². The smallest absolute Gasteiger partial charge is 0.311 e. The number of hydrogen-bond donors (Lipinski definition) is 1. The average Bonchev–Trinajstić information content (AvgIpc) is 2.96. The van der Waals surface area contributed by atoms with Crippen LogP contribution in [-0.4, -0.2) is 29.1 Å². The predicted octanol–water partition coefficient (Wildman–Crippen LogP) is 2.29. The minimum atomic E-state index is -0.763. The summed E-state index contributed by atoms with van der Waals surface area (Å²) in [5, 5.41) is 20.7. The Labute approximate surface area is 116 Å². The molecule has 1 aliphatic heterocycles. The highest BCUT2D eigenvalue weighted by Crippen LogP contribution is 2.50. The van der Waals surface area contributed by atoms with Crippen LogP contribution in [-0.2, 0) is 4.79 Å². The lowest BCUT2D eigenvalue weighted by Gasteiger charge is -2.24. The maximum absolute atomic E-state index is 11.6. The standard InChI is InChI=1S/C14H16N2O4/c17-13(18)14-7-3-4-10(14)8-15(9-14)11-5-1-2-6-12(11)16(19)20/h1-2,5-6,10H,3-4,7-9H2,(H,17,18)/t10-,14+/m0/s1. The second kappa shape index (κ2) is 4.47. The van der Waals surface area contributed by atoms with Crippen LogP contribution in [0.4, 0.5) is 11.4 Å². The van der Waals surface area contributed by atoms with Gasteiger partial charge in [-0.3, -0.25) is 14.9 Å². The predicted molar refractivity (Wildman–Crippen MR) is 72.7 cm³/mol. The minimum absolute atomic E-state index is 0.0491. The van der Waals surface area contributed by atoms with Crippen molar-refractivity contribution in [3.8, 4) is 0 Å². The highest BCUT2D eigenvalue weighted by molar-refractivity contribution is 5.78. The second-order valence-electron chi connectivity index (χ2n) is 5.68. The highest BCUT2D eigenvalue weighted by atomic mass is 16.6. The summed E-state index contributed by atoms with van der Waals surface area (Å²) in [5.41, 5.74) is -0.135. The highest BCUT2D eigenvalue weighted by Gasteiger charge is 2.55. The Balaban J connectivity index is 1.95. The molecule has 0 amide bonds. The van der Waals surface area contributed by atoms with Gasteiger partial charge in [-0.2, -0.15) is 0 Å². The first kappa shape index (κ1) is 12.9. The quantitative estimate of drug-likeness (QED) is 0.676. The molecule has 1 aromatic rings. The van der Waals surface area contributed by atoms with E-state index in [9.17, 15) is 20.0 Å².